The van der Waals surface area contributed by atoms with Crippen LogP contribution in [0.15, 0.2) is 24.3 Å². The minimum Gasteiger partial charge on any atom is -0.444 e. The number of carbonyl (C=O) groups is 2. The van der Waals surface area contributed by atoms with Gasteiger partial charge in [-0.1, -0.05) is 58.2 Å². The summed E-state index contributed by atoms with van der Waals surface area (Å²) >= 11 is 0. The van der Waals surface area contributed by atoms with Gasteiger partial charge in [0.05, 0.1) is 23.1 Å². The minimum absolute atomic E-state index is 0.145. The molecule has 33 heavy (non-hydrogen) atoms. The van der Waals surface area contributed by atoms with Crippen LogP contribution in [-0.4, -0.2) is 46.3 Å². The molecule has 0 radical (unpaired) electrons. The Morgan fingerprint density at radius 2 is 1.82 bits per heavy atom. The molecular formula is C24H33F3N2O4. The fourth-order valence-corrected chi connectivity index (χ4v) is 5.50. The smallest absolute Gasteiger partial charge is 0.416 e. The zero-order valence-corrected chi connectivity index (χ0v) is 19.3. The molecule has 2 unspecified atom stereocenters. The summed E-state index contributed by atoms with van der Waals surface area (Å²) in [5.41, 5.74) is 2.56. The molecule has 3 rings (SSSR count). The van der Waals surface area contributed by atoms with Gasteiger partial charge >= 0.3 is 12.3 Å². The maximum Gasteiger partial charge on any atom is 0.416 e. The number of amides is 2. The summed E-state index contributed by atoms with van der Waals surface area (Å²) in [5.74, 6) is -1.61. The number of likely N-dealkylation sites (tertiary alicyclic amines) is 1. The number of ether oxygens (including phenoxy) is 1. The van der Waals surface area contributed by atoms with Crippen LogP contribution in [0.2, 0.25) is 0 Å². The Bertz CT molecular complexity index is 875. The van der Waals surface area contributed by atoms with Crippen LogP contribution in [0.25, 0.3) is 0 Å². The number of hydrogen-bond acceptors (Lipinski definition) is 4. The van der Waals surface area contributed by atoms with E-state index >= 15 is 0 Å². The van der Waals surface area contributed by atoms with Crippen LogP contribution in [0.5, 0.6) is 0 Å². The first-order chi connectivity index (χ1) is 15.2. The highest BCUT2D eigenvalue weighted by Crippen LogP contribution is 2.45. The van der Waals surface area contributed by atoms with Gasteiger partial charge in [-0.3, -0.25) is 4.79 Å². The Kier molecular flexibility index (Phi) is 7.03. The second-order valence-electron chi connectivity index (χ2n) is 10.3. The maximum atomic E-state index is 14.0. The van der Waals surface area contributed by atoms with Crippen LogP contribution in [-0.2, 0) is 15.7 Å². The topological polar surface area (TPSA) is 92.9 Å². The summed E-state index contributed by atoms with van der Waals surface area (Å²) in [5, 5.41) is 11.6. The number of nitrogens with zero attached hydrogens (tertiary/aromatic N) is 1. The molecule has 1 heterocycles. The van der Waals surface area contributed by atoms with E-state index in [9.17, 15) is 27.9 Å². The molecule has 3 N–H and O–H groups in total. The van der Waals surface area contributed by atoms with Gasteiger partial charge in [-0.05, 0) is 29.9 Å². The first-order valence-electron chi connectivity index (χ1n) is 11.4. The van der Waals surface area contributed by atoms with Crippen molar-refractivity contribution < 1.29 is 32.6 Å². The number of benzene rings is 1. The molecule has 6 nitrogen and oxygen atoms in total. The highest BCUT2D eigenvalue weighted by atomic mass is 19.4. The van der Waals surface area contributed by atoms with Crippen molar-refractivity contribution in [2.75, 3.05) is 6.54 Å². The van der Waals surface area contributed by atoms with Crippen molar-refractivity contribution in [3.63, 3.8) is 0 Å². The van der Waals surface area contributed by atoms with Gasteiger partial charge in [0, 0.05) is 13.0 Å². The van der Waals surface area contributed by atoms with E-state index in [-0.39, 0.29) is 12.1 Å². The third kappa shape index (κ3) is 5.45. The van der Waals surface area contributed by atoms with Crippen LogP contribution in [0, 0.1) is 5.41 Å². The number of alkyl halides is 3. The SMILES string of the molecule is CC(C)(C)C1[C@@H](OC(N)=O)CCN1C(=O)C(c1cccc(C(F)(F)F)c1)C1(O)CCCCC1. The lowest BCUT2D eigenvalue weighted by molar-refractivity contribution is -0.146. The number of hydrogen-bond donors (Lipinski definition) is 2. The van der Waals surface area contributed by atoms with E-state index in [4.69, 9.17) is 10.5 Å². The van der Waals surface area contributed by atoms with Crippen molar-refractivity contribution in [1.29, 1.82) is 0 Å². The molecule has 2 amide bonds. The van der Waals surface area contributed by atoms with Gasteiger partial charge in [-0.2, -0.15) is 13.2 Å². The molecule has 1 saturated heterocycles. The van der Waals surface area contributed by atoms with E-state index in [0.29, 0.717) is 32.1 Å². The van der Waals surface area contributed by atoms with Crippen molar-refractivity contribution in [1.82, 2.24) is 4.90 Å². The lowest BCUT2D eigenvalue weighted by atomic mass is 9.71. The van der Waals surface area contributed by atoms with Crippen LogP contribution in [0.1, 0.15) is 76.3 Å². The predicted octanol–water partition coefficient (Wildman–Crippen LogP) is 4.60. The summed E-state index contributed by atoms with van der Waals surface area (Å²) in [4.78, 5) is 27.0. The Morgan fingerprint density at radius 3 is 2.36 bits per heavy atom. The Hall–Kier alpha value is -2.29. The van der Waals surface area contributed by atoms with Crippen molar-refractivity contribution in [3.05, 3.63) is 35.4 Å². The van der Waals surface area contributed by atoms with Gasteiger partial charge in [0.15, 0.2) is 0 Å². The Labute approximate surface area is 192 Å². The highest BCUT2D eigenvalue weighted by Gasteiger charge is 2.51. The first kappa shape index (κ1) is 25.3. The molecule has 3 atom stereocenters. The van der Waals surface area contributed by atoms with E-state index in [1.807, 2.05) is 20.8 Å². The van der Waals surface area contributed by atoms with Crippen molar-refractivity contribution in [3.8, 4) is 0 Å². The normalized spacial score (nSPS) is 24.4. The van der Waals surface area contributed by atoms with E-state index in [1.165, 1.54) is 12.1 Å². The number of aliphatic hydroxyl groups is 1. The van der Waals surface area contributed by atoms with Crippen molar-refractivity contribution >= 4 is 12.0 Å². The predicted molar refractivity (Wildman–Crippen MR) is 116 cm³/mol. The van der Waals surface area contributed by atoms with Crippen molar-refractivity contribution in [2.24, 2.45) is 11.1 Å². The van der Waals surface area contributed by atoms with E-state index < -0.39 is 52.8 Å². The summed E-state index contributed by atoms with van der Waals surface area (Å²) in [7, 11) is 0. The molecule has 0 bridgehead atoms. The third-order valence-corrected chi connectivity index (χ3v) is 6.83. The summed E-state index contributed by atoms with van der Waals surface area (Å²) in [6.45, 7) is 5.95. The summed E-state index contributed by atoms with van der Waals surface area (Å²) in [6, 6.07) is 4.14. The van der Waals surface area contributed by atoms with Gasteiger partial charge in [0.25, 0.3) is 0 Å². The Balaban J connectivity index is 2.06. The fourth-order valence-electron chi connectivity index (χ4n) is 5.50. The molecule has 1 aliphatic heterocycles. The van der Waals surface area contributed by atoms with Gasteiger partial charge in [-0.15, -0.1) is 0 Å². The highest BCUT2D eigenvalue weighted by molar-refractivity contribution is 5.86. The van der Waals surface area contributed by atoms with Crippen LogP contribution in [0.4, 0.5) is 18.0 Å². The molecule has 0 aromatic heterocycles. The summed E-state index contributed by atoms with van der Waals surface area (Å²) in [6.07, 6.45) is -2.84. The van der Waals surface area contributed by atoms with Gasteiger partial charge < -0.3 is 20.5 Å². The van der Waals surface area contributed by atoms with Crippen LogP contribution < -0.4 is 5.73 Å². The average Bonchev–Trinajstić information content (AvgIpc) is 3.11. The van der Waals surface area contributed by atoms with Crippen LogP contribution in [0.3, 0.4) is 0 Å². The number of nitrogens with two attached hydrogens (primary N) is 1. The second kappa shape index (κ2) is 9.16. The number of rotatable bonds is 4. The van der Waals surface area contributed by atoms with Gasteiger partial charge in [-0.25, -0.2) is 4.79 Å². The van der Waals surface area contributed by atoms with E-state index in [0.717, 1.165) is 18.6 Å². The lowest BCUT2D eigenvalue weighted by Gasteiger charge is -2.44. The molecule has 1 saturated carbocycles. The van der Waals surface area contributed by atoms with E-state index in [2.05, 4.69) is 0 Å². The fraction of sp³-hybridized carbons (Fsp3) is 0.667. The molecule has 9 heteroatoms. The maximum absolute atomic E-state index is 14.0. The number of halogens is 3. The zero-order valence-electron chi connectivity index (χ0n) is 19.3. The van der Waals surface area contributed by atoms with E-state index in [1.54, 1.807) is 4.90 Å². The molecule has 1 aliphatic carbocycles. The average molecular weight is 471 g/mol. The lowest BCUT2D eigenvalue weighted by Crippen LogP contribution is -2.54. The number of carbonyl (C=O) groups excluding carboxylic acids is 2. The Morgan fingerprint density at radius 1 is 1.18 bits per heavy atom. The molecule has 184 valence electrons. The molecule has 2 fully saturated rings. The molecule has 2 aliphatic rings. The standard InChI is InChI=1S/C24H33F3N2O4/c1-22(2,3)19-17(33-21(28)31)10-13-29(19)20(30)18(23(32)11-5-4-6-12-23)15-8-7-9-16(14-15)24(25,26)27/h7-9,14,17-19,32H,4-6,10-13H2,1-3H3,(H2,28,31)/t17-,18?,19?/m0/s1. The third-order valence-electron chi connectivity index (χ3n) is 6.83. The molecule has 1 aromatic rings. The van der Waals surface area contributed by atoms with Crippen molar-refractivity contribution in [2.45, 2.75) is 89.1 Å². The van der Waals surface area contributed by atoms with Gasteiger partial charge in [0.2, 0.25) is 5.91 Å². The molecule has 0 spiro atoms. The second-order valence-corrected chi connectivity index (χ2v) is 10.3. The largest absolute Gasteiger partial charge is 0.444 e. The van der Waals surface area contributed by atoms with Gasteiger partial charge in [0.1, 0.15) is 6.10 Å². The number of primary amides is 1. The minimum atomic E-state index is -4.57. The quantitative estimate of drug-likeness (QED) is 0.673. The summed E-state index contributed by atoms with van der Waals surface area (Å²) < 4.78 is 45.6. The molecular weight excluding hydrogens is 437 g/mol. The first-order valence-corrected chi connectivity index (χ1v) is 11.4. The molecule has 1 aromatic carbocycles. The monoisotopic (exact) mass is 470 g/mol. The zero-order chi connectivity index (χ0) is 24.6. The van der Waals surface area contributed by atoms with Crippen LogP contribution >= 0.6 is 0 Å².